The van der Waals surface area contributed by atoms with Crippen LogP contribution >= 0.6 is 0 Å². The summed E-state index contributed by atoms with van der Waals surface area (Å²) in [6.45, 7) is 2.05. The van der Waals surface area contributed by atoms with E-state index in [1.165, 1.54) is 33.6 Å². The van der Waals surface area contributed by atoms with Crippen LogP contribution in [0.25, 0.3) is 0 Å². The fraction of sp³-hybridized carbons (Fsp3) is 0.238. The van der Waals surface area contributed by atoms with Crippen molar-refractivity contribution in [1.29, 1.82) is 0 Å². The number of carbonyl (C=O) groups is 2. The van der Waals surface area contributed by atoms with Crippen molar-refractivity contribution in [3.8, 4) is 17.2 Å². The zero-order chi connectivity index (χ0) is 20.5. The summed E-state index contributed by atoms with van der Waals surface area (Å²) in [4.78, 5) is 24.3. The Morgan fingerprint density at radius 2 is 1.64 bits per heavy atom. The average Bonchev–Trinajstić information content (AvgIpc) is 2.72. The first-order valence-electron chi connectivity index (χ1n) is 8.58. The van der Waals surface area contributed by atoms with Crippen molar-refractivity contribution in [3.05, 3.63) is 59.8 Å². The summed E-state index contributed by atoms with van der Waals surface area (Å²) in [5, 5.41) is 2.97. The third-order valence-corrected chi connectivity index (χ3v) is 3.81. The highest BCUT2D eigenvalue weighted by Gasteiger charge is 2.15. The van der Waals surface area contributed by atoms with Crippen LogP contribution in [0.1, 0.15) is 27.6 Å². The molecule has 0 fully saturated rings. The number of ether oxygens (including phenoxy) is 4. The topological polar surface area (TPSA) is 83.1 Å². The molecule has 0 heterocycles. The van der Waals surface area contributed by atoms with Crippen LogP contribution in [0.15, 0.2) is 48.7 Å². The van der Waals surface area contributed by atoms with E-state index in [9.17, 15) is 9.59 Å². The SMILES string of the molecule is CCOC(=O)c1cccc(NC=CC(=O)c2cc(OC)c(OC)c(OC)c2)c1. The number of nitrogens with one attached hydrogen (secondary N) is 1. The lowest BCUT2D eigenvalue weighted by molar-refractivity contribution is 0.0526. The molecule has 0 saturated heterocycles. The van der Waals surface area contributed by atoms with E-state index in [1.54, 1.807) is 43.3 Å². The molecule has 148 valence electrons. The number of esters is 1. The van der Waals surface area contributed by atoms with Gasteiger partial charge in [0.2, 0.25) is 5.75 Å². The molecule has 2 aromatic carbocycles. The summed E-state index contributed by atoms with van der Waals surface area (Å²) < 4.78 is 20.7. The van der Waals surface area contributed by atoms with Crippen molar-refractivity contribution < 1.29 is 28.5 Å². The van der Waals surface area contributed by atoms with Crippen LogP contribution in [-0.4, -0.2) is 39.7 Å². The maximum absolute atomic E-state index is 12.5. The van der Waals surface area contributed by atoms with Gasteiger partial charge in [-0.1, -0.05) is 6.07 Å². The fourth-order valence-electron chi connectivity index (χ4n) is 2.48. The highest BCUT2D eigenvalue weighted by molar-refractivity contribution is 6.05. The summed E-state index contributed by atoms with van der Waals surface area (Å²) >= 11 is 0. The number of ketones is 1. The molecule has 0 aliphatic carbocycles. The molecule has 7 nitrogen and oxygen atoms in total. The summed E-state index contributed by atoms with van der Waals surface area (Å²) in [5.41, 5.74) is 1.46. The Morgan fingerprint density at radius 3 is 2.21 bits per heavy atom. The number of anilines is 1. The van der Waals surface area contributed by atoms with Crippen molar-refractivity contribution in [1.82, 2.24) is 0 Å². The Balaban J connectivity index is 2.14. The second-order valence-corrected chi connectivity index (χ2v) is 5.56. The van der Waals surface area contributed by atoms with E-state index in [0.29, 0.717) is 40.7 Å². The van der Waals surface area contributed by atoms with E-state index < -0.39 is 5.97 Å². The molecule has 1 N–H and O–H groups in total. The average molecular weight is 385 g/mol. The van der Waals surface area contributed by atoms with Crippen molar-refractivity contribution in [3.63, 3.8) is 0 Å². The molecule has 0 bridgehead atoms. The van der Waals surface area contributed by atoms with E-state index in [-0.39, 0.29) is 5.78 Å². The van der Waals surface area contributed by atoms with Crippen molar-refractivity contribution in [2.45, 2.75) is 6.92 Å². The van der Waals surface area contributed by atoms with Gasteiger partial charge in [0.05, 0.1) is 33.5 Å². The van der Waals surface area contributed by atoms with Crippen LogP contribution in [0.5, 0.6) is 17.2 Å². The minimum atomic E-state index is -0.399. The Morgan fingerprint density at radius 1 is 0.964 bits per heavy atom. The predicted molar refractivity (Wildman–Crippen MR) is 106 cm³/mol. The van der Waals surface area contributed by atoms with Crippen LogP contribution in [-0.2, 0) is 4.74 Å². The summed E-state index contributed by atoms with van der Waals surface area (Å²) in [5.74, 6) is 0.554. The predicted octanol–water partition coefficient (Wildman–Crippen LogP) is 3.70. The van der Waals surface area contributed by atoms with E-state index in [4.69, 9.17) is 18.9 Å². The first-order valence-corrected chi connectivity index (χ1v) is 8.58. The molecule has 0 unspecified atom stereocenters. The molecule has 7 heteroatoms. The molecule has 0 spiro atoms. The standard InChI is InChI=1S/C21H23NO6/c1-5-28-21(24)14-7-6-8-16(11-14)22-10-9-17(23)15-12-18(25-2)20(27-4)19(13-15)26-3/h6-13,22H,5H2,1-4H3. The molecule has 0 radical (unpaired) electrons. The number of carbonyl (C=O) groups excluding carboxylic acids is 2. The van der Waals surface area contributed by atoms with Crippen LogP contribution in [0, 0.1) is 0 Å². The third-order valence-electron chi connectivity index (χ3n) is 3.81. The number of hydrogen-bond acceptors (Lipinski definition) is 7. The lowest BCUT2D eigenvalue weighted by Gasteiger charge is -2.13. The molecule has 28 heavy (non-hydrogen) atoms. The number of methoxy groups -OCH3 is 3. The molecule has 0 aromatic heterocycles. The van der Waals surface area contributed by atoms with Gasteiger partial charge in [-0.2, -0.15) is 0 Å². The van der Waals surface area contributed by atoms with Gasteiger partial charge >= 0.3 is 5.97 Å². The Labute approximate surface area is 163 Å². The molecule has 0 saturated carbocycles. The van der Waals surface area contributed by atoms with Gasteiger partial charge in [-0.05, 0) is 37.3 Å². The van der Waals surface area contributed by atoms with Crippen LogP contribution in [0.3, 0.4) is 0 Å². The van der Waals surface area contributed by atoms with E-state index in [2.05, 4.69) is 5.32 Å². The zero-order valence-corrected chi connectivity index (χ0v) is 16.3. The van der Waals surface area contributed by atoms with Crippen molar-refractivity contribution in [2.75, 3.05) is 33.3 Å². The van der Waals surface area contributed by atoms with Gasteiger partial charge in [0, 0.05) is 23.5 Å². The Kier molecular flexibility index (Phi) is 7.45. The third kappa shape index (κ3) is 5.03. The Hall–Kier alpha value is -3.48. The smallest absolute Gasteiger partial charge is 0.338 e. The van der Waals surface area contributed by atoms with Crippen LogP contribution in [0.4, 0.5) is 5.69 Å². The van der Waals surface area contributed by atoms with E-state index >= 15 is 0 Å². The molecule has 2 rings (SSSR count). The number of rotatable bonds is 9. The van der Waals surface area contributed by atoms with Gasteiger partial charge in [-0.3, -0.25) is 4.79 Å². The molecule has 0 amide bonds. The second kappa shape index (κ2) is 10.0. The van der Waals surface area contributed by atoms with Crippen LogP contribution in [0.2, 0.25) is 0 Å². The van der Waals surface area contributed by atoms with Gasteiger partial charge in [0.25, 0.3) is 0 Å². The Bertz CT molecular complexity index is 850. The summed E-state index contributed by atoms with van der Waals surface area (Å²) in [6, 6.07) is 9.96. The molecule has 0 atom stereocenters. The zero-order valence-electron chi connectivity index (χ0n) is 16.3. The van der Waals surface area contributed by atoms with Gasteiger partial charge < -0.3 is 24.3 Å². The monoisotopic (exact) mass is 385 g/mol. The van der Waals surface area contributed by atoms with Crippen molar-refractivity contribution >= 4 is 17.4 Å². The van der Waals surface area contributed by atoms with Gasteiger partial charge in [0.15, 0.2) is 17.3 Å². The van der Waals surface area contributed by atoms with Gasteiger partial charge in [0.1, 0.15) is 0 Å². The minimum absolute atomic E-state index is 0.256. The molecule has 0 aliphatic heterocycles. The quantitative estimate of drug-likeness (QED) is 0.400. The van der Waals surface area contributed by atoms with E-state index in [0.717, 1.165) is 0 Å². The van der Waals surface area contributed by atoms with Crippen LogP contribution < -0.4 is 19.5 Å². The second-order valence-electron chi connectivity index (χ2n) is 5.56. The maximum atomic E-state index is 12.5. The molecule has 0 aliphatic rings. The number of benzene rings is 2. The summed E-state index contributed by atoms with van der Waals surface area (Å²) in [7, 11) is 4.47. The summed E-state index contributed by atoms with van der Waals surface area (Å²) in [6.07, 6.45) is 2.87. The molecular weight excluding hydrogens is 362 g/mol. The normalized spacial score (nSPS) is 10.4. The van der Waals surface area contributed by atoms with Gasteiger partial charge in [-0.25, -0.2) is 4.79 Å². The molecular formula is C21H23NO6. The molecule has 2 aromatic rings. The van der Waals surface area contributed by atoms with Crippen molar-refractivity contribution in [2.24, 2.45) is 0 Å². The number of allylic oxidation sites excluding steroid dienone is 1. The minimum Gasteiger partial charge on any atom is -0.493 e. The first kappa shape index (κ1) is 20.8. The fourth-order valence-corrected chi connectivity index (χ4v) is 2.48. The highest BCUT2D eigenvalue weighted by Crippen LogP contribution is 2.38. The largest absolute Gasteiger partial charge is 0.493 e. The maximum Gasteiger partial charge on any atom is 0.338 e. The van der Waals surface area contributed by atoms with Gasteiger partial charge in [-0.15, -0.1) is 0 Å². The first-order chi connectivity index (χ1) is 13.5. The lowest BCUT2D eigenvalue weighted by atomic mass is 10.1. The van der Waals surface area contributed by atoms with E-state index in [1.807, 2.05) is 0 Å². The lowest BCUT2D eigenvalue weighted by Crippen LogP contribution is -2.05. The number of hydrogen-bond donors (Lipinski definition) is 1. The highest BCUT2D eigenvalue weighted by atomic mass is 16.5.